The lowest BCUT2D eigenvalue weighted by Gasteiger charge is -2.30. The highest BCUT2D eigenvalue weighted by Crippen LogP contribution is 2.31. The van der Waals surface area contributed by atoms with E-state index in [0.717, 1.165) is 36.5 Å². The first kappa shape index (κ1) is 14.6. The molecule has 0 amide bonds. The maximum atomic E-state index is 9.04. The Kier molecular flexibility index (Phi) is 4.11. The fourth-order valence-corrected chi connectivity index (χ4v) is 2.90. The molecule has 0 radical (unpaired) electrons. The smallest absolute Gasteiger partial charge is 0.174 e. The van der Waals surface area contributed by atoms with Crippen LogP contribution in [0, 0.1) is 19.8 Å². The number of hydrogen-bond donors (Lipinski definition) is 2. The van der Waals surface area contributed by atoms with E-state index in [1.807, 2.05) is 13.8 Å². The van der Waals surface area contributed by atoms with Crippen LogP contribution in [-0.4, -0.2) is 33.8 Å². The summed E-state index contributed by atoms with van der Waals surface area (Å²) in [6.07, 6.45) is 2.27. The number of amidine groups is 1. The quantitative estimate of drug-likeness (QED) is 0.381. The zero-order valence-electron chi connectivity index (χ0n) is 12.6. The number of rotatable bonds is 3. The highest BCUT2D eigenvalue weighted by molar-refractivity contribution is 6.02. The second kappa shape index (κ2) is 5.64. The lowest BCUT2D eigenvalue weighted by Crippen LogP contribution is -2.36. The van der Waals surface area contributed by atoms with Gasteiger partial charge >= 0.3 is 0 Å². The van der Waals surface area contributed by atoms with Crippen LogP contribution in [0.15, 0.2) is 5.16 Å². The summed E-state index contributed by atoms with van der Waals surface area (Å²) in [6, 6.07) is 0.427. The summed E-state index contributed by atoms with van der Waals surface area (Å²) in [5, 5.41) is 20.7. The Bertz CT molecular complexity index is 527. The fourth-order valence-electron chi connectivity index (χ4n) is 2.90. The number of hydrogen-bond acceptors (Lipinski definition) is 5. The minimum absolute atomic E-state index is 0.102. The van der Waals surface area contributed by atoms with Crippen LogP contribution < -0.4 is 10.6 Å². The number of aromatic nitrogens is 2. The molecule has 1 aromatic rings. The molecule has 1 fully saturated rings. The summed E-state index contributed by atoms with van der Waals surface area (Å²) in [6.45, 7) is 9.17. The molecule has 20 heavy (non-hydrogen) atoms. The van der Waals surface area contributed by atoms with Gasteiger partial charge in [-0.25, -0.2) is 0 Å². The molecular formula is C14H23N5O. The molecule has 0 spiro atoms. The number of anilines is 1. The van der Waals surface area contributed by atoms with Crippen molar-refractivity contribution in [1.29, 1.82) is 0 Å². The Hall–Kier alpha value is -1.85. The third-order valence-corrected chi connectivity index (χ3v) is 4.14. The highest BCUT2D eigenvalue weighted by atomic mass is 16.4. The van der Waals surface area contributed by atoms with Crippen LogP contribution in [0.5, 0.6) is 0 Å². The molecule has 1 aliphatic rings. The van der Waals surface area contributed by atoms with Gasteiger partial charge in [-0.2, -0.15) is 5.10 Å². The number of aryl methyl sites for hydroxylation is 1. The topological polar surface area (TPSA) is 87.6 Å². The van der Waals surface area contributed by atoms with Gasteiger partial charge < -0.3 is 15.8 Å². The van der Waals surface area contributed by atoms with E-state index in [0.29, 0.717) is 17.5 Å². The van der Waals surface area contributed by atoms with Crippen molar-refractivity contribution in [2.45, 2.75) is 46.6 Å². The molecular weight excluding hydrogens is 254 g/mol. The second-order valence-corrected chi connectivity index (χ2v) is 5.74. The molecule has 0 bridgehead atoms. The van der Waals surface area contributed by atoms with Crippen molar-refractivity contribution in [2.24, 2.45) is 16.8 Å². The van der Waals surface area contributed by atoms with Crippen LogP contribution in [0.3, 0.4) is 0 Å². The fraction of sp³-hybridized carbons (Fsp3) is 0.643. The van der Waals surface area contributed by atoms with Gasteiger partial charge in [-0.05, 0) is 38.2 Å². The first-order valence-corrected chi connectivity index (χ1v) is 7.05. The Morgan fingerprint density at radius 2 is 2.10 bits per heavy atom. The third-order valence-electron chi connectivity index (χ3n) is 4.14. The summed E-state index contributed by atoms with van der Waals surface area (Å²) in [5.74, 6) is 1.37. The lowest BCUT2D eigenvalue weighted by molar-refractivity contribution is 0.318. The van der Waals surface area contributed by atoms with Crippen molar-refractivity contribution >= 4 is 11.7 Å². The summed E-state index contributed by atoms with van der Waals surface area (Å²) >= 11 is 0. The Morgan fingerprint density at radius 1 is 1.40 bits per heavy atom. The average Bonchev–Trinajstić information content (AvgIpc) is 2.90. The van der Waals surface area contributed by atoms with Gasteiger partial charge in [-0.1, -0.05) is 19.0 Å². The SMILES string of the molecule is Cc1nnc(N2CCCC2C(C)C)c(C(N)=NO)c1C. The van der Waals surface area contributed by atoms with Gasteiger partial charge in [0, 0.05) is 12.6 Å². The molecule has 0 aromatic carbocycles. The van der Waals surface area contributed by atoms with Gasteiger partial charge in [-0.3, -0.25) is 0 Å². The second-order valence-electron chi connectivity index (χ2n) is 5.74. The Labute approximate surface area is 119 Å². The van der Waals surface area contributed by atoms with E-state index in [4.69, 9.17) is 10.9 Å². The van der Waals surface area contributed by atoms with Gasteiger partial charge in [0.05, 0.1) is 11.3 Å². The van der Waals surface area contributed by atoms with E-state index in [1.165, 1.54) is 0 Å². The Morgan fingerprint density at radius 3 is 2.70 bits per heavy atom. The van der Waals surface area contributed by atoms with Gasteiger partial charge in [0.1, 0.15) is 0 Å². The molecule has 6 nitrogen and oxygen atoms in total. The summed E-state index contributed by atoms with van der Waals surface area (Å²) in [5.41, 5.74) is 8.28. The van der Waals surface area contributed by atoms with Gasteiger partial charge in [-0.15, -0.1) is 5.10 Å². The van der Waals surface area contributed by atoms with Crippen LogP contribution in [0.1, 0.15) is 43.5 Å². The van der Waals surface area contributed by atoms with Crippen LogP contribution in [0.2, 0.25) is 0 Å². The third kappa shape index (κ3) is 2.42. The zero-order valence-corrected chi connectivity index (χ0v) is 12.6. The summed E-state index contributed by atoms with van der Waals surface area (Å²) < 4.78 is 0. The van der Waals surface area contributed by atoms with E-state index in [1.54, 1.807) is 0 Å². The lowest BCUT2D eigenvalue weighted by atomic mass is 10.0. The predicted octanol–water partition coefficient (Wildman–Crippen LogP) is 1.81. The van der Waals surface area contributed by atoms with E-state index < -0.39 is 0 Å². The van der Waals surface area contributed by atoms with Crippen molar-refractivity contribution in [3.8, 4) is 0 Å². The van der Waals surface area contributed by atoms with Crippen molar-refractivity contribution in [3.05, 3.63) is 16.8 Å². The minimum Gasteiger partial charge on any atom is -0.409 e. The Balaban J connectivity index is 2.54. The monoisotopic (exact) mass is 277 g/mol. The molecule has 2 heterocycles. The van der Waals surface area contributed by atoms with Crippen molar-refractivity contribution < 1.29 is 5.21 Å². The standard InChI is InChI=1S/C14H23N5O/c1-8(2)11-6-5-7-19(11)14-12(13(15)18-20)9(3)10(4)16-17-14/h8,11,20H,5-7H2,1-4H3,(H2,15,18). The number of nitrogens with two attached hydrogens (primary N) is 1. The van der Waals surface area contributed by atoms with E-state index in [9.17, 15) is 0 Å². The number of oxime groups is 1. The van der Waals surface area contributed by atoms with Crippen molar-refractivity contribution in [1.82, 2.24) is 10.2 Å². The summed E-state index contributed by atoms with van der Waals surface area (Å²) in [7, 11) is 0. The number of nitrogens with zero attached hydrogens (tertiary/aromatic N) is 4. The highest BCUT2D eigenvalue weighted by Gasteiger charge is 2.31. The molecule has 1 saturated heterocycles. The van der Waals surface area contributed by atoms with Crippen LogP contribution in [0.25, 0.3) is 0 Å². The molecule has 2 rings (SSSR count). The van der Waals surface area contributed by atoms with Gasteiger partial charge in [0.2, 0.25) is 0 Å². The van der Waals surface area contributed by atoms with Crippen LogP contribution >= 0.6 is 0 Å². The molecule has 1 atom stereocenters. The zero-order chi connectivity index (χ0) is 14.9. The van der Waals surface area contributed by atoms with Crippen molar-refractivity contribution in [2.75, 3.05) is 11.4 Å². The van der Waals surface area contributed by atoms with E-state index >= 15 is 0 Å². The molecule has 6 heteroatoms. The predicted molar refractivity (Wildman–Crippen MR) is 79.2 cm³/mol. The molecule has 0 aliphatic carbocycles. The molecule has 1 unspecified atom stereocenters. The normalized spacial score (nSPS) is 19.9. The molecule has 0 saturated carbocycles. The maximum Gasteiger partial charge on any atom is 0.174 e. The van der Waals surface area contributed by atoms with Crippen LogP contribution in [0.4, 0.5) is 5.82 Å². The largest absolute Gasteiger partial charge is 0.409 e. The average molecular weight is 277 g/mol. The van der Waals surface area contributed by atoms with Crippen LogP contribution in [-0.2, 0) is 0 Å². The van der Waals surface area contributed by atoms with Gasteiger partial charge in [0.15, 0.2) is 11.7 Å². The molecule has 1 aromatic heterocycles. The minimum atomic E-state index is 0.102. The van der Waals surface area contributed by atoms with E-state index in [-0.39, 0.29) is 5.84 Å². The molecule has 110 valence electrons. The van der Waals surface area contributed by atoms with Gasteiger partial charge in [0.25, 0.3) is 0 Å². The van der Waals surface area contributed by atoms with Crippen molar-refractivity contribution in [3.63, 3.8) is 0 Å². The summed E-state index contributed by atoms with van der Waals surface area (Å²) in [4.78, 5) is 2.25. The molecule has 1 aliphatic heterocycles. The first-order chi connectivity index (χ1) is 9.47. The van der Waals surface area contributed by atoms with E-state index in [2.05, 4.69) is 34.1 Å². The maximum absolute atomic E-state index is 9.04. The molecule has 3 N–H and O–H groups in total. The first-order valence-electron chi connectivity index (χ1n) is 7.05.